The highest BCUT2D eigenvalue weighted by Crippen LogP contribution is 2.29. The van der Waals surface area contributed by atoms with Crippen molar-refractivity contribution in [2.75, 3.05) is 12.4 Å². The number of halogens is 1. The number of hydrogen-bond donors (Lipinski definition) is 2. The monoisotopic (exact) mass is 459 g/mol. The number of hydrogen-bond acceptors (Lipinski definition) is 6. The molecule has 2 heterocycles. The lowest BCUT2D eigenvalue weighted by Crippen LogP contribution is -2.01. The Hall–Kier alpha value is -2.88. The highest BCUT2D eigenvalue weighted by molar-refractivity contribution is 14.1. The van der Waals surface area contributed by atoms with Crippen LogP contribution in [-0.2, 0) is 0 Å². The number of rotatable bonds is 4. The Labute approximate surface area is 162 Å². The van der Waals surface area contributed by atoms with Crippen LogP contribution in [0.3, 0.4) is 0 Å². The van der Waals surface area contributed by atoms with Gasteiger partial charge in [-0.2, -0.15) is 10.1 Å². The Bertz CT molecular complexity index is 1080. The topological polar surface area (TPSA) is 85.1 Å². The molecule has 0 fully saturated rings. The fourth-order valence-electron chi connectivity index (χ4n) is 2.55. The van der Waals surface area contributed by atoms with E-state index in [2.05, 4.69) is 43.0 Å². The van der Waals surface area contributed by atoms with Crippen molar-refractivity contribution in [3.63, 3.8) is 0 Å². The lowest BCUT2D eigenvalue weighted by Gasteiger charge is -2.08. The molecule has 0 aliphatic rings. The molecule has 7 nitrogen and oxygen atoms in total. The Morgan fingerprint density at radius 1 is 1.12 bits per heavy atom. The highest BCUT2D eigenvalue weighted by Gasteiger charge is 2.10. The summed E-state index contributed by atoms with van der Waals surface area (Å²) in [5, 5.41) is 18.2. The Kier molecular flexibility index (Phi) is 4.33. The van der Waals surface area contributed by atoms with Gasteiger partial charge in [0.1, 0.15) is 0 Å². The third-order valence-electron chi connectivity index (χ3n) is 3.82. The van der Waals surface area contributed by atoms with Crippen molar-refractivity contribution < 1.29 is 9.84 Å². The van der Waals surface area contributed by atoms with Crippen LogP contribution < -0.4 is 10.1 Å². The van der Waals surface area contributed by atoms with E-state index >= 15 is 0 Å². The summed E-state index contributed by atoms with van der Waals surface area (Å²) in [5.41, 5.74) is 2.27. The van der Waals surface area contributed by atoms with Gasteiger partial charge in [-0.15, -0.1) is 0 Å². The van der Waals surface area contributed by atoms with E-state index in [-0.39, 0.29) is 5.75 Å². The van der Waals surface area contributed by atoms with E-state index in [1.807, 2.05) is 24.3 Å². The first-order valence-electron chi connectivity index (χ1n) is 7.75. The lowest BCUT2D eigenvalue weighted by atomic mass is 10.3. The first kappa shape index (κ1) is 16.6. The molecule has 8 heteroatoms. The first-order valence-corrected chi connectivity index (χ1v) is 8.82. The second kappa shape index (κ2) is 6.79. The summed E-state index contributed by atoms with van der Waals surface area (Å²) in [6, 6.07) is 13.0. The maximum Gasteiger partial charge on any atom is 0.229 e. The number of nitrogens with one attached hydrogen (secondary N) is 1. The van der Waals surface area contributed by atoms with E-state index in [1.165, 1.54) is 7.11 Å². The molecule has 2 aromatic carbocycles. The van der Waals surface area contributed by atoms with Gasteiger partial charge in [-0.05, 0) is 59.0 Å². The number of anilines is 2. The third-order valence-corrected chi connectivity index (χ3v) is 4.53. The summed E-state index contributed by atoms with van der Waals surface area (Å²) in [5.74, 6) is 0.862. The Morgan fingerprint density at radius 3 is 2.65 bits per heavy atom. The molecule has 0 atom stereocenters. The predicted molar refractivity (Wildman–Crippen MR) is 107 cm³/mol. The molecular weight excluding hydrogens is 445 g/mol. The average molecular weight is 459 g/mol. The maximum atomic E-state index is 9.90. The molecule has 0 spiro atoms. The average Bonchev–Trinajstić information content (AvgIpc) is 3.06. The molecule has 0 radical (unpaired) electrons. The first-order chi connectivity index (χ1) is 12.6. The number of phenols is 1. The van der Waals surface area contributed by atoms with Crippen molar-refractivity contribution in [2.45, 2.75) is 0 Å². The SMILES string of the molecule is COc1ccc(Nc2ncc3cnn(-c4ccc(I)cc4)c3n2)cc1O. The Morgan fingerprint density at radius 2 is 1.92 bits per heavy atom. The van der Waals surface area contributed by atoms with Crippen LogP contribution in [0.4, 0.5) is 11.6 Å². The summed E-state index contributed by atoms with van der Waals surface area (Å²) in [6.07, 6.45) is 3.44. The van der Waals surface area contributed by atoms with Gasteiger partial charge >= 0.3 is 0 Å². The van der Waals surface area contributed by atoms with Crippen LogP contribution in [0.2, 0.25) is 0 Å². The molecule has 0 aliphatic carbocycles. The molecule has 0 saturated carbocycles. The molecule has 2 aromatic heterocycles. The van der Waals surface area contributed by atoms with Crippen LogP contribution in [0.1, 0.15) is 0 Å². The number of nitrogens with zero attached hydrogens (tertiary/aromatic N) is 4. The second-order valence-electron chi connectivity index (χ2n) is 5.52. The highest BCUT2D eigenvalue weighted by atomic mass is 127. The summed E-state index contributed by atoms with van der Waals surface area (Å²) < 4.78 is 7.97. The van der Waals surface area contributed by atoms with Crippen LogP contribution in [0.5, 0.6) is 11.5 Å². The van der Waals surface area contributed by atoms with Crippen molar-refractivity contribution in [1.29, 1.82) is 0 Å². The van der Waals surface area contributed by atoms with E-state index in [4.69, 9.17) is 4.74 Å². The summed E-state index contributed by atoms with van der Waals surface area (Å²) >= 11 is 2.26. The maximum absolute atomic E-state index is 9.90. The smallest absolute Gasteiger partial charge is 0.229 e. The molecule has 2 N–H and O–H groups in total. The standard InChI is InChI=1S/C18H14IN5O2/c1-26-16-7-4-13(8-15(16)25)22-18-20-9-11-10-21-24(17(11)23-18)14-5-2-12(19)3-6-14/h2-10,25H,1H3,(H,20,22,23). The zero-order chi connectivity index (χ0) is 18.1. The fourth-order valence-corrected chi connectivity index (χ4v) is 2.91. The molecule has 0 amide bonds. The minimum Gasteiger partial charge on any atom is -0.504 e. The van der Waals surface area contributed by atoms with Gasteiger partial charge in [-0.3, -0.25) is 0 Å². The number of phenolic OH excluding ortho intramolecular Hbond substituents is 1. The number of aromatic hydroxyl groups is 1. The largest absolute Gasteiger partial charge is 0.504 e. The van der Waals surface area contributed by atoms with Gasteiger partial charge < -0.3 is 15.2 Å². The van der Waals surface area contributed by atoms with Crippen LogP contribution in [-0.4, -0.2) is 32.0 Å². The quantitative estimate of drug-likeness (QED) is 0.451. The minimum absolute atomic E-state index is 0.0440. The predicted octanol–water partition coefficient (Wildman–Crippen LogP) is 3.88. The summed E-state index contributed by atoms with van der Waals surface area (Å²) in [4.78, 5) is 8.87. The number of benzene rings is 2. The van der Waals surface area contributed by atoms with Crippen molar-refractivity contribution >= 4 is 45.3 Å². The van der Waals surface area contributed by atoms with Crippen molar-refractivity contribution in [3.8, 4) is 17.2 Å². The van der Waals surface area contributed by atoms with Crippen LogP contribution in [0.15, 0.2) is 54.9 Å². The molecule has 4 aromatic rings. The normalized spacial score (nSPS) is 10.8. The van der Waals surface area contributed by atoms with Gasteiger partial charge in [0.2, 0.25) is 5.95 Å². The molecule has 26 heavy (non-hydrogen) atoms. The van der Waals surface area contributed by atoms with E-state index in [0.29, 0.717) is 23.0 Å². The zero-order valence-electron chi connectivity index (χ0n) is 13.7. The number of methoxy groups -OCH3 is 1. The molecule has 4 rings (SSSR count). The van der Waals surface area contributed by atoms with Gasteiger partial charge in [-0.1, -0.05) is 0 Å². The van der Waals surface area contributed by atoms with Crippen molar-refractivity contribution in [3.05, 3.63) is 58.4 Å². The molecule has 0 aliphatic heterocycles. The lowest BCUT2D eigenvalue weighted by molar-refractivity contribution is 0.373. The van der Waals surface area contributed by atoms with Crippen LogP contribution in [0, 0.1) is 3.57 Å². The Balaban J connectivity index is 1.70. The van der Waals surface area contributed by atoms with Crippen LogP contribution >= 0.6 is 22.6 Å². The summed E-state index contributed by atoms with van der Waals surface area (Å²) in [6.45, 7) is 0. The molecule has 130 valence electrons. The molecule has 0 bridgehead atoms. The second-order valence-corrected chi connectivity index (χ2v) is 6.76. The van der Waals surface area contributed by atoms with Gasteiger partial charge in [0.05, 0.1) is 24.4 Å². The number of fused-ring (bicyclic) bond motifs is 1. The number of aromatic nitrogens is 4. The molecule has 0 unspecified atom stereocenters. The van der Waals surface area contributed by atoms with E-state index in [1.54, 1.807) is 35.3 Å². The van der Waals surface area contributed by atoms with Crippen molar-refractivity contribution in [2.24, 2.45) is 0 Å². The number of ether oxygens (including phenoxy) is 1. The fraction of sp³-hybridized carbons (Fsp3) is 0.0556. The molecular formula is C18H14IN5O2. The molecule has 0 saturated heterocycles. The van der Waals surface area contributed by atoms with Gasteiger partial charge in [0.25, 0.3) is 0 Å². The minimum atomic E-state index is 0.0440. The van der Waals surface area contributed by atoms with Crippen molar-refractivity contribution in [1.82, 2.24) is 19.7 Å². The van der Waals surface area contributed by atoms with Gasteiger partial charge in [-0.25, -0.2) is 9.67 Å². The van der Waals surface area contributed by atoms with E-state index in [0.717, 1.165) is 14.6 Å². The van der Waals surface area contributed by atoms with E-state index in [9.17, 15) is 5.11 Å². The zero-order valence-corrected chi connectivity index (χ0v) is 15.9. The summed E-state index contributed by atoms with van der Waals surface area (Å²) in [7, 11) is 1.50. The van der Waals surface area contributed by atoms with Gasteiger partial charge in [0.15, 0.2) is 17.1 Å². The van der Waals surface area contributed by atoms with Crippen LogP contribution in [0.25, 0.3) is 16.7 Å². The third kappa shape index (κ3) is 3.15. The van der Waals surface area contributed by atoms with Gasteiger partial charge in [0, 0.05) is 21.5 Å². The van der Waals surface area contributed by atoms with E-state index < -0.39 is 0 Å².